The maximum absolute atomic E-state index is 13.1. The second-order valence-corrected chi connectivity index (χ2v) is 14.5. The molecule has 2 aliphatic carbocycles. The third kappa shape index (κ3) is 7.42. The highest BCUT2D eigenvalue weighted by Crippen LogP contribution is 2.35. The maximum Gasteiger partial charge on any atom is 0.323 e. The van der Waals surface area contributed by atoms with Crippen LogP contribution in [0.25, 0.3) is 0 Å². The molecular formula is C35H26N4O11S2. The van der Waals surface area contributed by atoms with E-state index in [1.165, 1.54) is 84.9 Å². The molecule has 0 saturated heterocycles. The number of aliphatic imine (C=N–C) groups is 2. The number of nitrogens with zero attached hydrogens (tertiary/aromatic N) is 2. The van der Waals surface area contributed by atoms with Gasteiger partial charge >= 0.3 is 6.03 Å². The summed E-state index contributed by atoms with van der Waals surface area (Å²) >= 11 is 0. The fraction of sp³-hybridized carbons (Fsp3) is 0.0571. The Morgan fingerprint density at radius 2 is 0.942 bits per heavy atom. The largest absolute Gasteiger partial charge is 0.506 e. The van der Waals surface area contributed by atoms with E-state index in [1.807, 2.05) is 0 Å². The quantitative estimate of drug-likeness (QED) is 0.137. The number of aliphatic hydroxyl groups is 2. The predicted octanol–water partition coefficient (Wildman–Crippen LogP) is 5.36. The molecule has 0 saturated carbocycles. The lowest BCUT2D eigenvalue weighted by molar-refractivity contribution is 0.0994. The Balaban J connectivity index is 1.17. The minimum atomic E-state index is -4.63. The first-order valence-electron chi connectivity index (χ1n) is 15.1. The third-order valence-corrected chi connectivity index (χ3v) is 10.0. The Labute approximate surface area is 295 Å². The van der Waals surface area contributed by atoms with Crippen molar-refractivity contribution in [1.29, 1.82) is 0 Å². The molecule has 4 amide bonds. The third-order valence-electron chi connectivity index (χ3n) is 7.95. The number of hydrogen-bond acceptors (Lipinski definition) is 9. The molecule has 52 heavy (non-hydrogen) atoms. The molecule has 4 aromatic rings. The average Bonchev–Trinajstić information content (AvgIpc) is 3.09. The van der Waals surface area contributed by atoms with Crippen LogP contribution >= 0.6 is 0 Å². The van der Waals surface area contributed by atoms with Gasteiger partial charge in [-0.25, -0.2) is 14.8 Å². The highest BCUT2D eigenvalue weighted by atomic mass is 32.2. The number of benzene rings is 4. The van der Waals surface area contributed by atoms with Crippen molar-refractivity contribution < 1.29 is 50.5 Å². The van der Waals surface area contributed by atoms with E-state index in [-0.39, 0.29) is 56.2 Å². The minimum absolute atomic E-state index is 0.00341. The molecule has 4 aromatic carbocycles. The van der Waals surface area contributed by atoms with E-state index in [0.29, 0.717) is 0 Å². The monoisotopic (exact) mass is 742 g/mol. The van der Waals surface area contributed by atoms with Gasteiger partial charge in [0.05, 0.1) is 0 Å². The van der Waals surface area contributed by atoms with Gasteiger partial charge in [-0.3, -0.25) is 18.7 Å². The number of allylic oxidation sites excluding steroid dienone is 2. The van der Waals surface area contributed by atoms with E-state index in [1.54, 1.807) is 12.1 Å². The van der Waals surface area contributed by atoms with Crippen LogP contribution in [0.4, 0.5) is 16.2 Å². The Bertz CT molecular complexity index is 2350. The van der Waals surface area contributed by atoms with Crippen molar-refractivity contribution in [2.75, 3.05) is 10.6 Å². The molecule has 15 nitrogen and oxygen atoms in total. The van der Waals surface area contributed by atoms with Gasteiger partial charge in [-0.2, -0.15) is 16.8 Å². The molecule has 0 spiro atoms. The summed E-state index contributed by atoms with van der Waals surface area (Å²) in [6, 6.07) is 22.4. The van der Waals surface area contributed by atoms with Gasteiger partial charge in [0, 0.05) is 33.6 Å². The molecule has 0 radical (unpaired) electrons. The Hall–Kier alpha value is -6.27. The molecule has 2 unspecified atom stereocenters. The molecule has 2 aliphatic rings. The van der Waals surface area contributed by atoms with Crippen molar-refractivity contribution in [2.24, 2.45) is 9.98 Å². The van der Waals surface area contributed by atoms with Crippen LogP contribution in [-0.4, -0.2) is 65.4 Å². The maximum atomic E-state index is 13.1. The van der Waals surface area contributed by atoms with Gasteiger partial charge in [-0.05, 0) is 59.7 Å². The fourth-order valence-electron chi connectivity index (χ4n) is 5.64. The van der Waals surface area contributed by atoms with E-state index in [4.69, 9.17) is 0 Å². The van der Waals surface area contributed by atoms with E-state index < -0.39 is 60.1 Å². The number of aliphatic hydroxyl groups excluding tert-OH is 2. The highest BCUT2D eigenvalue weighted by Gasteiger charge is 2.34. The summed E-state index contributed by atoms with van der Waals surface area (Å²) in [5.74, 6) is -2.92. The summed E-state index contributed by atoms with van der Waals surface area (Å²) < 4.78 is 66.8. The van der Waals surface area contributed by atoms with Crippen molar-refractivity contribution in [3.63, 3.8) is 0 Å². The first-order valence-corrected chi connectivity index (χ1v) is 18.1. The highest BCUT2D eigenvalue weighted by molar-refractivity contribution is 7.86. The van der Waals surface area contributed by atoms with E-state index in [0.717, 1.165) is 12.2 Å². The van der Waals surface area contributed by atoms with E-state index in [2.05, 4.69) is 20.6 Å². The SMILES string of the molecule is O=C(Nc1cccc(C(=O)N=C2C(O)=CC(S(=O)(=O)O)c3ccccc32)c1)Nc1cccc(C(=O)N=C2C(O)=CC(S(=O)(=O)O)c3ccccc32)c1. The molecule has 0 fully saturated rings. The Kier molecular flexibility index (Phi) is 9.44. The summed E-state index contributed by atoms with van der Waals surface area (Å²) in [5.41, 5.74) is 0.397. The molecule has 0 heterocycles. The molecule has 264 valence electrons. The lowest BCUT2D eigenvalue weighted by atomic mass is 9.93. The summed E-state index contributed by atoms with van der Waals surface area (Å²) in [6.07, 6.45) is 1.75. The van der Waals surface area contributed by atoms with Crippen LogP contribution in [0.3, 0.4) is 0 Å². The molecule has 17 heteroatoms. The van der Waals surface area contributed by atoms with Crippen LogP contribution < -0.4 is 10.6 Å². The van der Waals surface area contributed by atoms with E-state index in [9.17, 15) is 50.5 Å². The molecule has 6 rings (SSSR count). The van der Waals surface area contributed by atoms with E-state index >= 15 is 0 Å². The predicted molar refractivity (Wildman–Crippen MR) is 190 cm³/mol. The first kappa shape index (κ1) is 35.6. The zero-order chi connectivity index (χ0) is 37.4. The fourth-order valence-corrected chi connectivity index (χ4v) is 7.29. The number of rotatable bonds is 6. The smallest absolute Gasteiger partial charge is 0.323 e. The van der Waals surface area contributed by atoms with Crippen molar-refractivity contribution in [1.82, 2.24) is 0 Å². The lowest BCUT2D eigenvalue weighted by Crippen LogP contribution is -2.22. The number of carbonyl (C=O) groups excluding carboxylic acids is 3. The van der Waals surface area contributed by atoms with Gasteiger partial charge in [0.25, 0.3) is 32.1 Å². The average molecular weight is 743 g/mol. The topological polar surface area (TPSA) is 249 Å². The number of nitrogens with one attached hydrogen (secondary N) is 2. The van der Waals surface area contributed by atoms with Gasteiger partial charge in [0.15, 0.2) is 0 Å². The number of hydrogen-bond donors (Lipinski definition) is 6. The van der Waals surface area contributed by atoms with Gasteiger partial charge in [-0.15, -0.1) is 0 Å². The molecule has 6 N–H and O–H groups in total. The molecule has 0 aliphatic heterocycles. The van der Waals surface area contributed by atoms with Gasteiger partial charge in [0.1, 0.15) is 33.4 Å². The van der Waals surface area contributed by atoms with Gasteiger partial charge in [0.2, 0.25) is 0 Å². The van der Waals surface area contributed by atoms with Crippen LogP contribution in [0.1, 0.15) is 53.5 Å². The number of carbonyl (C=O) groups is 3. The van der Waals surface area contributed by atoms with Gasteiger partial charge in [-0.1, -0.05) is 60.7 Å². The lowest BCUT2D eigenvalue weighted by Gasteiger charge is -2.21. The number of anilines is 2. The first-order chi connectivity index (χ1) is 24.6. The molecule has 2 atom stereocenters. The number of fused-ring (bicyclic) bond motifs is 2. The van der Waals surface area contributed by atoms with Gasteiger partial charge < -0.3 is 20.8 Å². The molecular weight excluding hydrogens is 717 g/mol. The summed E-state index contributed by atoms with van der Waals surface area (Å²) in [7, 11) is -9.25. The summed E-state index contributed by atoms with van der Waals surface area (Å²) in [6.45, 7) is 0. The zero-order valence-electron chi connectivity index (χ0n) is 26.4. The van der Waals surface area contributed by atoms with Crippen LogP contribution in [0.15, 0.2) is 131 Å². The summed E-state index contributed by atoms with van der Waals surface area (Å²) in [5, 5.41) is 23.1. The minimum Gasteiger partial charge on any atom is -0.506 e. The van der Waals surface area contributed by atoms with Crippen LogP contribution in [0.5, 0.6) is 0 Å². The Morgan fingerprint density at radius 1 is 0.558 bits per heavy atom. The standard InChI is InChI=1S/C35H26N4O11S2/c40-27-17-29(51(45,46)47)23-11-1-3-13-25(23)31(27)38-33(42)19-7-5-9-21(15-19)36-35(44)37-22-10-6-8-20(16-22)34(43)39-32-26-14-4-2-12-24(26)30(18-28(32)41)52(48,49)50/h1-18,29-30,40-41H,(H2,36,37,44)(H,45,46,47)(H,48,49,50). The summed E-state index contributed by atoms with van der Waals surface area (Å²) in [4.78, 5) is 47.2. The van der Waals surface area contributed by atoms with Crippen LogP contribution in [-0.2, 0) is 20.2 Å². The second-order valence-electron chi connectivity index (χ2n) is 11.4. The van der Waals surface area contributed by atoms with Crippen molar-refractivity contribution in [3.8, 4) is 0 Å². The van der Waals surface area contributed by atoms with Crippen molar-refractivity contribution in [3.05, 3.63) is 154 Å². The normalized spacial score (nSPS) is 18.4. The molecule has 0 bridgehead atoms. The number of amides is 4. The Morgan fingerprint density at radius 3 is 1.33 bits per heavy atom. The zero-order valence-corrected chi connectivity index (χ0v) is 28.0. The van der Waals surface area contributed by atoms with Crippen LogP contribution in [0, 0.1) is 0 Å². The van der Waals surface area contributed by atoms with Crippen LogP contribution in [0.2, 0.25) is 0 Å². The second kappa shape index (κ2) is 13.8. The van der Waals surface area contributed by atoms with Crippen molar-refractivity contribution in [2.45, 2.75) is 10.5 Å². The van der Waals surface area contributed by atoms with Crippen molar-refractivity contribution >= 4 is 60.9 Å². The molecule has 0 aromatic heterocycles. The number of urea groups is 1.